The van der Waals surface area contributed by atoms with Crippen molar-refractivity contribution in [2.45, 2.75) is 31.0 Å². The Morgan fingerprint density at radius 2 is 1.65 bits per heavy atom. The standard InChI is InChI=1S/C23H24F3N3O2/c24-23(25,26)19-12-7-13-28(15-19)16-29-20(30)22(27-21(29)31,18-10-5-2-6-11-18)14-17-8-3-1-4-9-17/h1-6,8-11,19H,7,12-16H2,(H,27,31). The summed E-state index contributed by atoms with van der Waals surface area (Å²) in [5.74, 6) is -1.88. The summed E-state index contributed by atoms with van der Waals surface area (Å²) in [6.07, 6.45) is -3.58. The van der Waals surface area contributed by atoms with Gasteiger partial charge in [-0.2, -0.15) is 13.2 Å². The number of likely N-dealkylation sites (tertiary alicyclic amines) is 1. The molecule has 2 atom stereocenters. The molecule has 2 aliphatic heterocycles. The molecule has 1 N–H and O–H groups in total. The van der Waals surface area contributed by atoms with Gasteiger partial charge in [-0.3, -0.25) is 9.69 Å². The lowest BCUT2D eigenvalue weighted by molar-refractivity contribution is -0.187. The average Bonchev–Trinajstić information content (AvgIpc) is 3.00. The van der Waals surface area contributed by atoms with Crippen LogP contribution in [0.4, 0.5) is 18.0 Å². The first-order chi connectivity index (χ1) is 14.8. The van der Waals surface area contributed by atoms with Gasteiger partial charge in [0.15, 0.2) is 5.54 Å². The number of nitrogens with one attached hydrogen (secondary N) is 1. The van der Waals surface area contributed by atoms with Crippen LogP contribution >= 0.6 is 0 Å². The molecule has 5 nitrogen and oxygen atoms in total. The van der Waals surface area contributed by atoms with Crippen LogP contribution < -0.4 is 5.32 Å². The zero-order valence-corrected chi connectivity index (χ0v) is 16.9. The molecule has 164 valence electrons. The monoisotopic (exact) mass is 431 g/mol. The van der Waals surface area contributed by atoms with E-state index in [1.807, 2.05) is 36.4 Å². The summed E-state index contributed by atoms with van der Waals surface area (Å²) in [6, 6.07) is 17.7. The normalized spacial score (nSPS) is 25.0. The third-order valence-electron chi connectivity index (χ3n) is 6.06. The Bertz CT molecular complexity index is 936. The van der Waals surface area contributed by atoms with E-state index in [2.05, 4.69) is 5.32 Å². The number of amides is 3. The van der Waals surface area contributed by atoms with Gasteiger partial charge in [0.1, 0.15) is 0 Å². The highest BCUT2D eigenvalue weighted by Crippen LogP contribution is 2.35. The number of imide groups is 1. The van der Waals surface area contributed by atoms with E-state index in [1.165, 1.54) is 0 Å². The van der Waals surface area contributed by atoms with Crippen molar-refractivity contribution in [3.63, 3.8) is 0 Å². The van der Waals surface area contributed by atoms with E-state index < -0.39 is 29.6 Å². The van der Waals surface area contributed by atoms with Gasteiger partial charge in [0, 0.05) is 13.0 Å². The van der Waals surface area contributed by atoms with Gasteiger partial charge in [0.2, 0.25) is 0 Å². The van der Waals surface area contributed by atoms with Crippen LogP contribution in [0.5, 0.6) is 0 Å². The molecule has 2 fully saturated rings. The number of nitrogens with zero attached hydrogens (tertiary/aromatic N) is 2. The maximum atomic E-state index is 13.6. The molecule has 0 saturated carbocycles. The van der Waals surface area contributed by atoms with Crippen molar-refractivity contribution in [2.24, 2.45) is 5.92 Å². The van der Waals surface area contributed by atoms with E-state index in [-0.39, 0.29) is 26.1 Å². The SMILES string of the molecule is O=C1NC(Cc2ccccc2)(c2ccccc2)C(=O)N1CN1CCCC(C(F)(F)F)C1. The molecule has 31 heavy (non-hydrogen) atoms. The molecule has 2 saturated heterocycles. The maximum Gasteiger partial charge on any atom is 0.393 e. The molecule has 0 spiro atoms. The van der Waals surface area contributed by atoms with Gasteiger partial charge < -0.3 is 5.32 Å². The van der Waals surface area contributed by atoms with Crippen LogP contribution in [-0.4, -0.2) is 47.7 Å². The number of piperidine rings is 1. The second kappa shape index (κ2) is 8.34. The summed E-state index contributed by atoms with van der Waals surface area (Å²) < 4.78 is 39.5. The Labute approximate surface area is 178 Å². The van der Waals surface area contributed by atoms with Crippen molar-refractivity contribution in [1.82, 2.24) is 15.1 Å². The Balaban J connectivity index is 1.60. The minimum Gasteiger partial charge on any atom is -0.319 e. The summed E-state index contributed by atoms with van der Waals surface area (Å²) in [6.45, 7) is 0.0544. The first-order valence-electron chi connectivity index (χ1n) is 10.3. The lowest BCUT2D eigenvalue weighted by atomic mass is 9.83. The molecule has 3 amide bonds. The molecule has 2 unspecified atom stereocenters. The highest BCUT2D eigenvalue weighted by molar-refractivity contribution is 6.07. The summed E-state index contributed by atoms with van der Waals surface area (Å²) in [5, 5.41) is 2.85. The van der Waals surface area contributed by atoms with Crippen molar-refractivity contribution >= 4 is 11.9 Å². The number of urea groups is 1. The Kier molecular flexibility index (Phi) is 5.75. The fraction of sp³-hybridized carbons (Fsp3) is 0.391. The van der Waals surface area contributed by atoms with Crippen molar-refractivity contribution in [1.29, 1.82) is 0 Å². The van der Waals surface area contributed by atoms with Crippen LogP contribution in [0, 0.1) is 5.92 Å². The van der Waals surface area contributed by atoms with Gasteiger partial charge in [-0.1, -0.05) is 60.7 Å². The largest absolute Gasteiger partial charge is 0.393 e. The van der Waals surface area contributed by atoms with E-state index in [0.717, 1.165) is 10.5 Å². The van der Waals surface area contributed by atoms with Gasteiger partial charge in [-0.15, -0.1) is 0 Å². The molecule has 2 aliphatic rings. The number of alkyl halides is 3. The van der Waals surface area contributed by atoms with Crippen molar-refractivity contribution in [3.05, 3.63) is 71.8 Å². The lowest BCUT2D eigenvalue weighted by Gasteiger charge is -2.35. The first kappa shape index (κ1) is 21.4. The molecule has 2 heterocycles. The van der Waals surface area contributed by atoms with E-state index >= 15 is 0 Å². The third-order valence-corrected chi connectivity index (χ3v) is 6.06. The Morgan fingerprint density at radius 1 is 1.00 bits per heavy atom. The predicted molar refractivity (Wildman–Crippen MR) is 109 cm³/mol. The van der Waals surface area contributed by atoms with Crippen LogP contribution in [0.1, 0.15) is 24.0 Å². The van der Waals surface area contributed by atoms with Crippen LogP contribution in [-0.2, 0) is 16.8 Å². The van der Waals surface area contributed by atoms with Crippen LogP contribution in [0.15, 0.2) is 60.7 Å². The van der Waals surface area contributed by atoms with Gasteiger partial charge in [0.05, 0.1) is 12.6 Å². The number of carbonyl (C=O) groups excluding carboxylic acids is 2. The average molecular weight is 431 g/mol. The second-order valence-electron chi connectivity index (χ2n) is 8.20. The molecular weight excluding hydrogens is 407 g/mol. The highest BCUT2D eigenvalue weighted by atomic mass is 19.4. The fourth-order valence-corrected chi connectivity index (χ4v) is 4.45. The molecule has 0 radical (unpaired) electrons. The van der Waals surface area contributed by atoms with E-state index in [9.17, 15) is 22.8 Å². The van der Waals surface area contributed by atoms with E-state index in [4.69, 9.17) is 0 Å². The highest BCUT2D eigenvalue weighted by Gasteiger charge is 2.53. The molecule has 2 aromatic carbocycles. The van der Waals surface area contributed by atoms with Crippen LogP contribution in [0.2, 0.25) is 0 Å². The van der Waals surface area contributed by atoms with Gasteiger partial charge >= 0.3 is 12.2 Å². The summed E-state index contributed by atoms with van der Waals surface area (Å²) in [4.78, 5) is 29.0. The molecule has 2 aromatic rings. The van der Waals surface area contributed by atoms with E-state index in [1.54, 1.807) is 29.2 Å². The van der Waals surface area contributed by atoms with Gasteiger partial charge in [-0.25, -0.2) is 9.69 Å². The van der Waals surface area contributed by atoms with Crippen LogP contribution in [0.25, 0.3) is 0 Å². The molecule has 0 bridgehead atoms. The second-order valence-corrected chi connectivity index (χ2v) is 8.20. The number of hydrogen-bond acceptors (Lipinski definition) is 3. The zero-order chi connectivity index (χ0) is 22.1. The molecule has 0 aliphatic carbocycles. The van der Waals surface area contributed by atoms with E-state index in [0.29, 0.717) is 18.5 Å². The Morgan fingerprint density at radius 3 is 2.29 bits per heavy atom. The number of rotatable bonds is 5. The zero-order valence-electron chi connectivity index (χ0n) is 16.9. The Hall–Kier alpha value is -2.87. The number of carbonyl (C=O) groups is 2. The first-order valence-corrected chi connectivity index (χ1v) is 10.3. The minimum atomic E-state index is -4.28. The van der Waals surface area contributed by atoms with Crippen molar-refractivity contribution in [3.8, 4) is 0 Å². The predicted octanol–water partition coefficient (Wildman–Crippen LogP) is 3.91. The third kappa shape index (κ3) is 4.30. The summed E-state index contributed by atoms with van der Waals surface area (Å²) >= 11 is 0. The summed E-state index contributed by atoms with van der Waals surface area (Å²) in [5.41, 5.74) is 0.224. The van der Waals surface area contributed by atoms with Gasteiger partial charge in [-0.05, 0) is 30.5 Å². The topological polar surface area (TPSA) is 52.7 Å². The number of benzene rings is 2. The lowest BCUT2D eigenvalue weighted by Crippen LogP contribution is -2.49. The molecular formula is C23H24F3N3O2. The molecule has 0 aromatic heterocycles. The van der Waals surface area contributed by atoms with Crippen molar-refractivity contribution < 1.29 is 22.8 Å². The molecule has 8 heteroatoms. The maximum absolute atomic E-state index is 13.6. The summed E-state index contributed by atoms with van der Waals surface area (Å²) in [7, 11) is 0. The fourth-order valence-electron chi connectivity index (χ4n) is 4.45. The minimum absolute atomic E-state index is 0.0715. The van der Waals surface area contributed by atoms with Crippen LogP contribution in [0.3, 0.4) is 0 Å². The van der Waals surface area contributed by atoms with Gasteiger partial charge in [0.25, 0.3) is 5.91 Å². The molecule has 4 rings (SSSR count). The number of hydrogen-bond donors (Lipinski definition) is 1. The van der Waals surface area contributed by atoms with Crippen molar-refractivity contribution in [2.75, 3.05) is 19.8 Å². The quantitative estimate of drug-likeness (QED) is 0.731. The number of halogens is 3. The smallest absolute Gasteiger partial charge is 0.319 e.